The number of esters is 1. The fourth-order valence-electron chi connectivity index (χ4n) is 2.94. The van der Waals surface area contributed by atoms with E-state index >= 15 is 0 Å². The highest BCUT2D eigenvalue weighted by Crippen LogP contribution is 2.37. The Labute approximate surface area is 167 Å². The predicted molar refractivity (Wildman–Crippen MR) is 105 cm³/mol. The molecule has 3 rings (SSSR count). The molecular formula is C19H22N4O4S. The molecule has 0 saturated heterocycles. The van der Waals surface area contributed by atoms with Gasteiger partial charge in [0, 0.05) is 17.1 Å². The fraction of sp³-hybridized carbons (Fsp3) is 0.316. The number of ether oxygens (including phenoxy) is 1. The number of H-pyrrole nitrogens is 1. The minimum Gasteiger partial charge on any atom is -0.466 e. The number of β-amino-alcohol motifs (C(OH)–C–C–N with tert-alkyl or cyclic N) is 1. The number of carbonyl (C=O) groups excluding carboxylic acids is 2. The topological polar surface area (TPSA) is 108 Å². The number of rotatable bonds is 7. The summed E-state index contributed by atoms with van der Waals surface area (Å²) in [4.78, 5) is 28.2. The maximum absolute atomic E-state index is 12.7. The van der Waals surface area contributed by atoms with E-state index in [0.29, 0.717) is 5.69 Å². The lowest BCUT2D eigenvalue weighted by molar-refractivity contribution is -0.136. The largest absolute Gasteiger partial charge is 0.466 e. The number of hydrogen-bond acceptors (Lipinski definition) is 7. The first-order valence-corrected chi connectivity index (χ1v) is 9.55. The molecule has 0 fully saturated rings. The van der Waals surface area contributed by atoms with E-state index in [2.05, 4.69) is 15.5 Å². The second kappa shape index (κ2) is 8.49. The number of benzene rings is 1. The number of aliphatic hydroxyl groups excluding tert-OH is 1. The number of hydrogen-bond donors (Lipinski definition) is 3. The summed E-state index contributed by atoms with van der Waals surface area (Å²) in [6.07, 6.45) is 0. The minimum absolute atomic E-state index is 0.101. The molecule has 1 aliphatic heterocycles. The van der Waals surface area contributed by atoms with Crippen LogP contribution in [0, 0.1) is 13.8 Å². The molecule has 9 heteroatoms. The van der Waals surface area contributed by atoms with Crippen molar-refractivity contribution >= 4 is 29.3 Å². The molecule has 0 atom stereocenters. The fourth-order valence-corrected chi connectivity index (χ4v) is 3.93. The normalized spacial score (nSPS) is 14.0. The van der Waals surface area contributed by atoms with Crippen molar-refractivity contribution in [2.24, 2.45) is 0 Å². The summed E-state index contributed by atoms with van der Waals surface area (Å²) < 4.78 is 4.83. The van der Waals surface area contributed by atoms with E-state index < -0.39 is 5.97 Å². The Morgan fingerprint density at radius 3 is 2.79 bits per heavy atom. The van der Waals surface area contributed by atoms with Crippen LogP contribution in [0.1, 0.15) is 11.4 Å². The zero-order valence-electron chi connectivity index (χ0n) is 15.9. The predicted octanol–water partition coefficient (Wildman–Crippen LogP) is 1.85. The lowest BCUT2D eigenvalue weighted by Gasteiger charge is -2.16. The van der Waals surface area contributed by atoms with Gasteiger partial charge in [0.1, 0.15) is 5.70 Å². The van der Waals surface area contributed by atoms with Gasteiger partial charge in [0.25, 0.3) is 5.91 Å². The van der Waals surface area contributed by atoms with Crippen molar-refractivity contribution in [1.29, 1.82) is 0 Å². The summed E-state index contributed by atoms with van der Waals surface area (Å²) in [5.41, 5.74) is 2.96. The van der Waals surface area contributed by atoms with Crippen LogP contribution in [0.25, 0.3) is 0 Å². The molecule has 28 heavy (non-hydrogen) atoms. The van der Waals surface area contributed by atoms with Gasteiger partial charge in [-0.15, -0.1) is 0 Å². The Balaban J connectivity index is 1.94. The standard InChI is InChI=1S/C19H22N4O4S/c1-11-17(12(2)22-21-11)28-15-7-5-4-6-14(15)20-16-13(19(26)27-3)10-23(8-9-24)18(16)25/h4-7,20,24H,8-10H2,1-3H3,(H,21,22). The smallest absolute Gasteiger partial charge is 0.337 e. The number of aryl methyl sites for hydroxylation is 2. The van der Waals surface area contributed by atoms with Gasteiger partial charge < -0.3 is 20.1 Å². The summed E-state index contributed by atoms with van der Waals surface area (Å²) in [6, 6.07) is 7.53. The lowest BCUT2D eigenvalue weighted by atomic mass is 10.2. The highest BCUT2D eigenvalue weighted by Gasteiger charge is 2.34. The first kappa shape index (κ1) is 20.0. The van der Waals surface area contributed by atoms with Gasteiger partial charge in [-0.25, -0.2) is 4.79 Å². The van der Waals surface area contributed by atoms with Crippen LogP contribution in [-0.2, 0) is 14.3 Å². The third-order valence-electron chi connectivity index (χ3n) is 4.37. The van der Waals surface area contributed by atoms with Gasteiger partial charge in [0.2, 0.25) is 0 Å². The molecule has 8 nitrogen and oxygen atoms in total. The van der Waals surface area contributed by atoms with Crippen LogP contribution in [0.5, 0.6) is 0 Å². The van der Waals surface area contributed by atoms with Crippen LogP contribution in [0.4, 0.5) is 5.69 Å². The first-order chi connectivity index (χ1) is 13.5. The molecule has 0 unspecified atom stereocenters. The molecule has 1 amide bonds. The Morgan fingerprint density at radius 1 is 1.39 bits per heavy atom. The minimum atomic E-state index is -0.567. The van der Waals surface area contributed by atoms with E-state index in [0.717, 1.165) is 21.2 Å². The molecule has 1 aromatic carbocycles. The number of aliphatic hydroxyl groups is 1. The van der Waals surface area contributed by atoms with Crippen molar-refractivity contribution in [3.8, 4) is 0 Å². The van der Waals surface area contributed by atoms with Gasteiger partial charge >= 0.3 is 5.97 Å². The molecule has 0 saturated carbocycles. The molecular weight excluding hydrogens is 380 g/mol. The summed E-state index contributed by atoms with van der Waals surface area (Å²) in [5, 5.41) is 19.5. The molecule has 0 aliphatic carbocycles. The third kappa shape index (κ3) is 3.90. The van der Waals surface area contributed by atoms with E-state index in [1.165, 1.54) is 23.8 Å². The average molecular weight is 402 g/mol. The number of aromatic amines is 1. The molecule has 0 radical (unpaired) electrons. The SMILES string of the molecule is COC(=O)C1=C(Nc2ccccc2Sc2c(C)n[nH]c2C)C(=O)N(CCO)C1. The quantitative estimate of drug-likeness (QED) is 0.607. The molecule has 3 N–H and O–H groups in total. The second-order valence-electron chi connectivity index (χ2n) is 6.28. The van der Waals surface area contributed by atoms with Gasteiger partial charge in [-0.05, 0) is 26.0 Å². The number of methoxy groups -OCH3 is 1. The Hall–Kier alpha value is -2.78. The highest BCUT2D eigenvalue weighted by atomic mass is 32.2. The number of amides is 1. The van der Waals surface area contributed by atoms with Gasteiger partial charge in [-0.1, -0.05) is 23.9 Å². The number of para-hydroxylation sites is 1. The lowest BCUT2D eigenvalue weighted by Crippen LogP contribution is -2.31. The Bertz CT molecular complexity index is 918. The van der Waals surface area contributed by atoms with Crippen molar-refractivity contribution in [1.82, 2.24) is 15.1 Å². The van der Waals surface area contributed by atoms with Gasteiger partial charge in [0.15, 0.2) is 0 Å². The molecule has 0 spiro atoms. The van der Waals surface area contributed by atoms with Crippen molar-refractivity contribution in [2.45, 2.75) is 23.6 Å². The van der Waals surface area contributed by atoms with E-state index in [1.54, 1.807) is 0 Å². The Morgan fingerprint density at radius 2 is 2.14 bits per heavy atom. The van der Waals surface area contributed by atoms with Crippen molar-refractivity contribution < 1.29 is 19.4 Å². The summed E-state index contributed by atoms with van der Waals surface area (Å²) >= 11 is 1.53. The van der Waals surface area contributed by atoms with E-state index in [4.69, 9.17) is 4.74 Å². The molecule has 148 valence electrons. The zero-order chi connectivity index (χ0) is 20.3. The number of nitrogens with zero attached hydrogens (tertiary/aromatic N) is 2. The summed E-state index contributed by atoms with van der Waals surface area (Å²) in [5.74, 6) is -0.909. The highest BCUT2D eigenvalue weighted by molar-refractivity contribution is 7.99. The monoisotopic (exact) mass is 402 g/mol. The van der Waals surface area contributed by atoms with Crippen molar-refractivity contribution in [3.05, 3.63) is 46.9 Å². The van der Waals surface area contributed by atoms with E-state index in [-0.39, 0.29) is 36.9 Å². The van der Waals surface area contributed by atoms with E-state index in [1.807, 2.05) is 38.1 Å². The van der Waals surface area contributed by atoms with E-state index in [9.17, 15) is 14.7 Å². The first-order valence-electron chi connectivity index (χ1n) is 8.73. The van der Waals surface area contributed by atoms with Crippen LogP contribution < -0.4 is 5.32 Å². The van der Waals surface area contributed by atoms with Crippen LogP contribution in [0.3, 0.4) is 0 Å². The summed E-state index contributed by atoms with van der Waals surface area (Å²) in [7, 11) is 1.28. The van der Waals surface area contributed by atoms with Crippen LogP contribution in [0.15, 0.2) is 45.3 Å². The van der Waals surface area contributed by atoms with Crippen LogP contribution in [-0.4, -0.2) is 58.9 Å². The molecule has 0 bridgehead atoms. The Kier molecular flexibility index (Phi) is 6.05. The molecule has 2 heterocycles. The van der Waals surface area contributed by atoms with Gasteiger partial charge in [0.05, 0.1) is 42.1 Å². The number of carbonyl (C=O) groups is 2. The summed E-state index contributed by atoms with van der Waals surface area (Å²) in [6.45, 7) is 3.94. The molecule has 1 aromatic heterocycles. The molecule has 1 aliphatic rings. The maximum atomic E-state index is 12.7. The average Bonchev–Trinajstić information content (AvgIpc) is 3.17. The van der Waals surface area contributed by atoms with Crippen LogP contribution >= 0.6 is 11.8 Å². The molecule has 2 aromatic rings. The number of anilines is 1. The van der Waals surface area contributed by atoms with Crippen molar-refractivity contribution in [3.63, 3.8) is 0 Å². The van der Waals surface area contributed by atoms with Crippen molar-refractivity contribution in [2.75, 3.05) is 32.1 Å². The zero-order valence-corrected chi connectivity index (χ0v) is 16.7. The number of aromatic nitrogens is 2. The maximum Gasteiger partial charge on any atom is 0.337 e. The number of nitrogens with one attached hydrogen (secondary N) is 2. The van der Waals surface area contributed by atoms with Crippen LogP contribution in [0.2, 0.25) is 0 Å². The second-order valence-corrected chi connectivity index (χ2v) is 7.33. The van der Waals surface area contributed by atoms with Gasteiger partial charge in [-0.2, -0.15) is 5.10 Å². The third-order valence-corrected chi connectivity index (χ3v) is 5.75. The van der Waals surface area contributed by atoms with Gasteiger partial charge in [-0.3, -0.25) is 9.89 Å².